The standard InChI is InChI=1S/C13H20N4O2/c1-9-8-10(19-3)16-12(15-9)17-11(18)13(2)4-6-14-7-5-13/h8,14H,4-7H2,1-3H3,(H,15,16,17,18). The molecule has 1 aromatic heterocycles. The van der Waals surface area contributed by atoms with E-state index in [2.05, 4.69) is 20.6 Å². The summed E-state index contributed by atoms with van der Waals surface area (Å²) in [4.78, 5) is 20.7. The Kier molecular flexibility index (Phi) is 3.99. The van der Waals surface area contributed by atoms with Crippen LogP contribution in [0.3, 0.4) is 0 Å². The molecule has 0 saturated carbocycles. The van der Waals surface area contributed by atoms with Crippen LogP contribution < -0.4 is 15.4 Å². The largest absolute Gasteiger partial charge is 0.481 e. The van der Waals surface area contributed by atoms with Gasteiger partial charge in [0, 0.05) is 17.2 Å². The smallest absolute Gasteiger partial charge is 0.232 e. The fraction of sp³-hybridized carbons (Fsp3) is 0.615. The van der Waals surface area contributed by atoms with E-state index in [1.54, 1.807) is 13.2 Å². The molecule has 0 unspecified atom stereocenters. The topological polar surface area (TPSA) is 76.1 Å². The number of carbonyl (C=O) groups is 1. The molecule has 1 aromatic rings. The average Bonchev–Trinajstić information content (AvgIpc) is 2.38. The van der Waals surface area contributed by atoms with Crippen molar-refractivity contribution in [1.82, 2.24) is 15.3 Å². The third-order valence-corrected chi connectivity index (χ3v) is 3.52. The number of amides is 1. The first kappa shape index (κ1) is 13.7. The predicted octanol–water partition coefficient (Wildman–Crippen LogP) is 1.12. The second-order valence-corrected chi connectivity index (χ2v) is 5.14. The van der Waals surface area contributed by atoms with Gasteiger partial charge in [0.05, 0.1) is 7.11 Å². The number of rotatable bonds is 3. The first-order valence-electron chi connectivity index (χ1n) is 6.45. The third kappa shape index (κ3) is 3.20. The number of anilines is 1. The SMILES string of the molecule is COc1cc(C)nc(NC(=O)C2(C)CCNCC2)n1. The van der Waals surface area contributed by atoms with Crippen LogP contribution in [0.2, 0.25) is 0 Å². The van der Waals surface area contributed by atoms with Crippen molar-refractivity contribution in [3.05, 3.63) is 11.8 Å². The second-order valence-electron chi connectivity index (χ2n) is 5.14. The Morgan fingerprint density at radius 2 is 2.11 bits per heavy atom. The maximum atomic E-state index is 12.3. The van der Waals surface area contributed by atoms with Gasteiger partial charge in [0.2, 0.25) is 17.7 Å². The molecular formula is C13H20N4O2. The van der Waals surface area contributed by atoms with E-state index in [1.165, 1.54) is 0 Å². The van der Waals surface area contributed by atoms with Crippen LogP contribution in [-0.2, 0) is 4.79 Å². The van der Waals surface area contributed by atoms with Crippen LogP contribution in [-0.4, -0.2) is 36.1 Å². The third-order valence-electron chi connectivity index (χ3n) is 3.52. The Morgan fingerprint density at radius 3 is 2.74 bits per heavy atom. The molecule has 6 heteroatoms. The normalized spacial score (nSPS) is 17.8. The van der Waals surface area contributed by atoms with Crippen molar-refractivity contribution in [2.75, 3.05) is 25.5 Å². The maximum Gasteiger partial charge on any atom is 0.232 e. The van der Waals surface area contributed by atoms with Gasteiger partial charge in [-0.15, -0.1) is 0 Å². The molecule has 1 saturated heterocycles. The number of piperidine rings is 1. The zero-order chi connectivity index (χ0) is 13.9. The summed E-state index contributed by atoms with van der Waals surface area (Å²) in [7, 11) is 1.54. The molecule has 2 heterocycles. The summed E-state index contributed by atoms with van der Waals surface area (Å²) in [5, 5.41) is 6.05. The zero-order valence-electron chi connectivity index (χ0n) is 11.6. The van der Waals surface area contributed by atoms with Crippen LogP contribution in [0.5, 0.6) is 5.88 Å². The Hall–Kier alpha value is -1.69. The van der Waals surface area contributed by atoms with Crippen molar-refractivity contribution in [2.24, 2.45) is 5.41 Å². The van der Waals surface area contributed by atoms with E-state index >= 15 is 0 Å². The average molecular weight is 264 g/mol. The highest BCUT2D eigenvalue weighted by atomic mass is 16.5. The van der Waals surface area contributed by atoms with E-state index in [0.717, 1.165) is 31.6 Å². The van der Waals surface area contributed by atoms with Gasteiger partial charge in [-0.05, 0) is 32.9 Å². The van der Waals surface area contributed by atoms with Crippen LogP contribution in [0.15, 0.2) is 6.07 Å². The van der Waals surface area contributed by atoms with Gasteiger partial charge in [-0.25, -0.2) is 4.98 Å². The van der Waals surface area contributed by atoms with E-state index in [-0.39, 0.29) is 11.3 Å². The highest BCUT2D eigenvalue weighted by Gasteiger charge is 2.34. The van der Waals surface area contributed by atoms with Gasteiger partial charge >= 0.3 is 0 Å². The van der Waals surface area contributed by atoms with Gasteiger partial charge in [-0.3, -0.25) is 10.1 Å². The molecule has 1 aliphatic heterocycles. The first-order chi connectivity index (χ1) is 9.03. The lowest BCUT2D eigenvalue weighted by atomic mass is 9.80. The van der Waals surface area contributed by atoms with Crippen LogP contribution in [0.25, 0.3) is 0 Å². The van der Waals surface area contributed by atoms with Crippen molar-refractivity contribution >= 4 is 11.9 Å². The Bertz CT molecular complexity index is 470. The lowest BCUT2D eigenvalue weighted by Gasteiger charge is -2.32. The van der Waals surface area contributed by atoms with Gasteiger partial charge in [-0.2, -0.15) is 4.98 Å². The highest BCUT2D eigenvalue weighted by molar-refractivity contribution is 5.93. The summed E-state index contributed by atoms with van der Waals surface area (Å²) in [6.07, 6.45) is 1.64. The fourth-order valence-electron chi connectivity index (χ4n) is 2.16. The highest BCUT2D eigenvalue weighted by Crippen LogP contribution is 2.29. The summed E-state index contributed by atoms with van der Waals surface area (Å²) in [6, 6.07) is 1.72. The quantitative estimate of drug-likeness (QED) is 0.855. The van der Waals surface area contributed by atoms with E-state index in [4.69, 9.17) is 4.74 Å². The van der Waals surface area contributed by atoms with E-state index in [1.807, 2.05) is 13.8 Å². The van der Waals surface area contributed by atoms with Gasteiger partial charge in [0.25, 0.3) is 0 Å². The van der Waals surface area contributed by atoms with E-state index < -0.39 is 0 Å². The molecule has 0 atom stereocenters. The summed E-state index contributed by atoms with van der Waals surface area (Å²) in [6.45, 7) is 5.55. The number of hydrogen-bond acceptors (Lipinski definition) is 5. The molecule has 0 aliphatic carbocycles. The lowest BCUT2D eigenvalue weighted by Crippen LogP contribution is -2.43. The van der Waals surface area contributed by atoms with Crippen molar-refractivity contribution in [2.45, 2.75) is 26.7 Å². The van der Waals surface area contributed by atoms with Crippen molar-refractivity contribution in [1.29, 1.82) is 0 Å². The molecule has 0 spiro atoms. The van der Waals surface area contributed by atoms with Crippen LogP contribution in [0.4, 0.5) is 5.95 Å². The fourth-order valence-corrected chi connectivity index (χ4v) is 2.16. The van der Waals surface area contributed by atoms with Gasteiger partial charge in [0.1, 0.15) is 0 Å². The summed E-state index contributed by atoms with van der Waals surface area (Å²) in [5.74, 6) is 0.738. The minimum Gasteiger partial charge on any atom is -0.481 e. The number of aryl methyl sites for hydroxylation is 1. The molecule has 2 N–H and O–H groups in total. The number of nitrogens with zero attached hydrogens (tertiary/aromatic N) is 2. The van der Waals surface area contributed by atoms with E-state index in [9.17, 15) is 4.79 Å². The Morgan fingerprint density at radius 1 is 1.42 bits per heavy atom. The van der Waals surface area contributed by atoms with E-state index in [0.29, 0.717) is 11.8 Å². The molecule has 6 nitrogen and oxygen atoms in total. The summed E-state index contributed by atoms with van der Waals surface area (Å²) < 4.78 is 5.08. The lowest BCUT2D eigenvalue weighted by molar-refractivity contribution is -0.126. The number of nitrogens with one attached hydrogen (secondary N) is 2. The molecule has 1 fully saturated rings. The molecule has 1 amide bonds. The molecule has 19 heavy (non-hydrogen) atoms. The van der Waals surface area contributed by atoms with Crippen molar-refractivity contribution in [3.8, 4) is 5.88 Å². The molecule has 2 rings (SSSR count). The number of ether oxygens (including phenoxy) is 1. The monoisotopic (exact) mass is 264 g/mol. The van der Waals surface area contributed by atoms with Crippen molar-refractivity contribution in [3.63, 3.8) is 0 Å². The van der Waals surface area contributed by atoms with Gasteiger partial charge < -0.3 is 10.1 Å². The molecule has 0 aromatic carbocycles. The van der Waals surface area contributed by atoms with Gasteiger partial charge in [0.15, 0.2) is 0 Å². The minimum absolute atomic E-state index is 0.0262. The van der Waals surface area contributed by atoms with Crippen LogP contribution >= 0.6 is 0 Å². The number of carbonyl (C=O) groups excluding carboxylic acids is 1. The molecule has 104 valence electrons. The Balaban J connectivity index is 2.12. The molecule has 0 bridgehead atoms. The summed E-state index contributed by atoms with van der Waals surface area (Å²) in [5.41, 5.74) is 0.406. The number of methoxy groups -OCH3 is 1. The number of hydrogen-bond donors (Lipinski definition) is 2. The van der Waals surface area contributed by atoms with Crippen molar-refractivity contribution < 1.29 is 9.53 Å². The van der Waals surface area contributed by atoms with Crippen LogP contribution in [0.1, 0.15) is 25.5 Å². The predicted molar refractivity (Wildman–Crippen MR) is 72.2 cm³/mol. The molecule has 1 aliphatic rings. The maximum absolute atomic E-state index is 12.3. The zero-order valence-corrected chi connectivity index (χ0v) is 11.6. The Labute approximate surface area is 113 Å². The second kappa shape index (κ2) is 5.52. The van der Waals surface area contributed by atoms with Gasteiger partial charge in [-0.1, -0.05) is 6.92 Å². The molecular weight excluding hydrogens is 244 g/mol. The number of aromatic nitrogens is 2. The molecule has 0 radical (unpaired) electrons. The summed E-state index contributed by atoms with van der Waals surface area (Å²) >= 11 is 0. The first-order valence-corrected chi connectivity index (χ1v) is 6.45. The van der Waals surface area contributed by atoms with Crippen LogP contribution in [0, 0.1) is 12.3 Å². The minimum atomic E-state index is -0.356.